The molecule has 3 aromatic rings. The highest BCUT2D eigenvalue weighted by atomic mass is 16.2. The number of carbonyl (C=O) groups is 1. The van der Waals surface area contributed by atoms with Crippen molar-refractivity contribution < 1.29 is 4.79 Å². The van der Waals surface area contributed by atoms with Gasteiger partial charge < -0.3 is 10.2 Å². The van der Waals surface area contributed by atoms with Crippen LogP contribution in [0.3, 0.4) is 0 Å². The van der Waals surface area contributed by atoms with E-state index in [2.05, 4.69) is 27.4 Å². The van der Waals surface area contributed by atoms with E-state index in [1.165, 1.54) is 5.56 Å². The lowest BCUT2D eigenvalue weighted by atomic mass is 10.0. The predicted octanol–water partition coefficient (Wildman–Crippen LogP) is 3.24. The van der Waals surface area contributed by atoms with Crippen molar-refractivity contribution in [1.29, 1.82) is 0 Å². The first-order chi connectivity index (χ1) is 13.2. The van der Waals surface area contributed by atoms with Crippen molar-refractivity contribution in [2.75, 3.05) is 19.6 Å². The molecule has 2 heterocycles. The summed E-state index contributed by atoms with van der Waals surface area (Å²) in [5, 5.41) is 3.49. The van der Waals surface area contributed by atoms with Gasteiger partial charge in [0.2, 0.25) is 0 Å². The molecule has 5 nitrogen and oxygen atoms in total. The molecule has 1 amide bonds. The highest BCUT2D eigenvalue weighted by Crippen LogP contribution is 2.20. The monoisotopic (exact) mass is 358 g/mol. The first-order valence-corrected chi connectivity index (χ1v) is 9.19. The molecule has 1 aliphatic heterocycles. The van der Waals surface area contributed by atoms with E-state index < -0.39 is 0 Å². The summed E-state index contributed by atoms with van der Waals surface area (Å²) in [7, 11) is 0. The average molecular weight is 358 g/mol. The summed E-state index contributed by atoms with van der Waals surface area (Å²) in [4.78, 5) is 23.9. The topological polar surface area (TPSA) is 58.1 Å². The van der Waals surface area contributed by atoms with Crippen molar-refractivity contribution in [2.24, 2.45) is 0 Å². The lowest BCUT2D eigenvalue weighted by Crippen LogP contribution is -2.48. The molecule has 1 aromatic heterocycles. The van der Waals surface area contributed by atoms with E-state index >= 15 is 0 Å². The molecule has 136 valence electrons. The second kappa shape index (κ2) is 7.68. The largest absolute Gasteiger partial charge is 0.335 e. The molecule has 5 heteroatoms. The van der Waals surface area contributed by atoms with Crippen LogP contribution in [0.25, 0.3) is 11.4 Å². The molecule has 1 atom stereocenters. The quantitative estimate of drug-likeness (QED) is 0.781. The Morgan fingerprint density at radius 1 is 1.07 bits per heavy atom. The fraction of sp³-hybridized carbons (Fsp3) is 0.227. The molecule has 0 unspecified atom stereocenters. The molecule has 0 aliphatic carbocycles. The standard InChI is InChI=1S/C22H22N4O/c1-16-19(14-24-21(25-16)18-10-6-3-7-11-18)22(27)26-13-12-23-20(15-26)17-8-4-2-5-9-17/h2-11,14,20,23H,12-13,15H2,1H3/t20-/m1/s1. The molecular formula is C22H22N4O. The Labute approximate surface area is 159 Å². The van der Waals surface area contributed by atoms with Gasteiger partial charge in [-0.3, -0.25) is 4.79 Å². The van der Waals surface area contributed by atoms with Crippen LogP contribution in [0.1, 0.15) is 27.7 Å². The number of carbonyl (C=O) groups excluding carboxylic acids is 1. The van der Waals surface area contributed by atoms with E-state index in [1.807, 2.05) is 60.4 Å². The first-order valence-electron chi connectivity index (χ1n) is 9.19. The number of aromatic nitrogens is 2. The summed E-state index contributed by atoms with van der Waals surface area (Å²) in [6.07, 6.45) is 1.66. The van der Waals surface area contributed by atoms with Crippen LogP contribution in [-0.4, -0.2) is 40.4 Å². The SMILES string of the molecule is Cc1nc(-c2ccccc2)ncc1C(=O)N1CCN[C@@H](c2ccccc2)C1. The third kappa shape index (κ3) is 3.73. The van der Waals surface area contributed by atoms with Crippen LogP contribution in [0.4, 0.5) is 0 Å². The van der Waals surface area contributed by atoms with Gasteiger partial charge in [0.05, 0.1) is 11.3 Å². The highest BCUT2D eigenvalue weighted by molar-refractivity contribution is 5.95. The molecule has 1 aliphatic rings. The average Bonchev–Trinajstić information content (AvgIpc) is 2.74. The molecule has 0 spiro atoms. The van der Waals surface area contributed by atoms with Gasteiger partial charge in [-0.1, -0.05) is 60.7 Å². The lowest BCUT2D eigenvalue weighted by molar-refractivity contribution is 0.0701. The maximum absolute atomic E-state index is 13.1. The summed E-state index contributed by atoms with van der Waals surface area (Å²) in [6, 6.07) is 20.2. The number of nitrogens with zero attached hydrogens (tertiary/aromatic N) is 3. The minimum atomic E-state index is -0.00505. The Kier molecular flexibility index (Phi) is 4.94. The van der Waals surface area contributed by atoms with Crippen LogP contribution in [0, 0.1) is 6.92 Å². The number of benzene rings is 2. The number of amides is 1. The number of aryl methyl sites for hydroxylation is 1. The van der Waals surface area contributed by atoms with E-state index in [0.717, 1.165) is 12.1 Å². The van der Waals surface area contributed by atoms with E-state index in [9.17, 15) is 4.79 Å². The molecule has 0 radical (unpaired) electrons. The molecule has 4 rings (SSSR count). The minimum absolute atomic E-state index is 0.00505. The Morgan fingerprint density at radius 2 is 1.78 bits per heavy atom. The number of hydrogen-bond acceptors (Lipinski definition) is 4. The Morgan fingerprint density at radius 3 is 2.48 bits per heavy atom. The van der Waals surface area contributed by atoms with Crippen molar-refractivity contribution >= 4 is 5.91 Å². The number of rotatable bonds is 3. The summed E-state index contributed by atoms with van der Waals surface area (Å²) < 4.78 is 0. The maximum atomic E-state index is 13.1. The molecule has 1 saturated heterocycles. The van der Waals surface area contributed by atoms with E-state index in [-0.39, 0.29) is 11.9 Å². The van der Waals surface area contributed by atoms with Crippen LogP contribution in [-0.2, 0) is 0 Å². The van der Waals surface area contributed by atoms with Crippen molar-refractivity contribution in [3.8, 4) is 11.4 Å². The Bertz CT molecular complexity index is 928. The normalized spacial score (nSPS) is 16.9. The fourth-order valence-corrected chi connectivity index (χ4v) is 3.42. The van der Waals surface area contributed by atoms with Crippen LogP contribution < -0.4 is 5.32 Å². The summed E-state index contributed by atoms with van der Waals surface area (Å²) in [6.45, 7) is 3.97. The molecule has 0 saturated carbocycles. The summed E-state index contributed by atoms with van der Waals surface area (Å²) >= 11 is 0. The summed E-state index contributed by atoms with van der Waals surface area (Å²) in [5.41, 5.74) is 3.43. The van der Waals surface area contributed by atoms with Gasteiger partial charge in [-0.2, -0.15) is 0 Å². The Balaban J connectivity index is 1.54. The second-order valence-electron chi connectivity index (χ2n) is 6.73. The zero-order chi connectivity index (χ0) is 18.6. The molecule has 2 aromatic carbocycles. The Hall–Kier alpha value is -3.05. The van der Waals surface area contributed by atoms with Gasteiger partial charge in [0.15, 0.2) is 5.82 Å². The predicted molar refractivity (Wildman–Crippen MR) is 105 cm³/mol. The highest BCUT2D eigenvalue weighted by Gasteiger charge is 2.26. The van der Waals surface area contributed by atoms with Crippen LogP contribution in [0.2, 0.25) is 0 Å². The van der Waals surface area contributed by atoms with Crippen molar-refractivity contribution in [1.82, 2.24) is 20.2 Å². The van der Waals surface area contributed by atoms with Gasteiger partial charge in [-0.25, -0.2) is 9.97 Å². The smallest absolute Gasteiger partial charge is 0.257 e. The molecule has 1 N–H and O–H groups in total. The molecule has 27 heavy (non-hydrogen) atoms. The van der Waals surface area contributed by atoms with Crippen molar-refractivity contribution in [2.45, 2.75) is 13.0 Å². The molecular weight excluding hydrogens is 336 g/mol. The maximum Gasteiger partial charge on any atom is 0.257 e. The van der Waals surface area contributed by atoms with Crippen molar-refractivity contribution in [3.05, 3.63) is 83.7 Å². The number of piperazine rings is 1. The van der Waals surface area contributed by atoms with Crippen LogP contribution in [0.15, 0.2) is 66.9 Å². The minimum Gasteiger partial charge on any atom is -0.335 e. The van der Waals surface area contributed by atoms with Crippen LogP contribution in [0.5, 0.6) is 0 Å². The van der Waals surface area contributed by atoms with Gasteiger partial charge in [0, 0.05) is 37.4 Å². The fourth-order valence-electron chi connectivity index (χ4n) is 3.42. The van der Waals surface area contributed by atoms with Gasteiger partial charge >= 0.3 is 0 Å². The zero-order valence-electron chi connectivity index (χ0n) is 15.3. The third-order valence-electron chi connectivity index (χ3n) is 4.91. The van der Waals surface area contributed by atoms with Crippen LogP contribution >= 0.6 is 0 Å². The second-order valence-corrected chi connectivity index (χ2v) is 6.73. The first kappa shape index (κ1) is 17.4. The van der Waals surface area contributed by atoms with Gasteiger partial charge in [-0.15, -0.1) is 0 Å². The van der Waals surface area contributed by atoms with Gasteiger partial charge in [-0.05, 0) is 12.5 Å². The number of nitrogens with one attached hydrogen (secondary N) is 1. The number of hydrogen-bond donors (Lipinski definition) is 1. The molecule has 1 fully saturated rings. The zero-order valence-corrected chi connectivity index (χ0v) is 15.3. The third-order valence-corrected chi connectivity index (χ3v) is 4.91. The van der Waals surface area contributed by atoms with Gasteiger partial charge in [0.1, 0.15) is 0 Å². The van der Waals surface area contributed by atoms with Gasteiger partial charge in [0.25, 0.3) is 5.91 Å². The van der Waals surface area contributed by atoms with E-state index in [1.54, 1.807) is 6.20 Å². The van der Waals surface area contributed by atoms with E-state index in [0.29, 0.717) is 30.2 Å². The molecule has 0 bridgehead atoms. The van der Waals surface area contributed by atoms with Crippen molar-refractivity contribution in [3.63, 3.8) is 0 Å². The van der Waals surface area contributed by atoms with E-state index in [4.69, 9.17) is 0 Å². The lowest BCUT2D eigenvalue weighted by Gasteiger charge is -2.34. The summed E-state index contributed by atoms with van der Waals surface area (Å²) in [5.74, 6) is 0.640.